The molecule has 0 aliphatic carbocycles. The molecule has 0 fully saturated rings. The standard InChI is InChI=1S/C52H102NO8P/c1-6-8-10-12-14-16-18-20-22-23-24-25-26-27-28-29-31-33-35-37-39-41-43-45-52(55)61-50(49-60-62(56,57)59-47-46-53(3,4)5)48-58-51(54)44-42-40-38-36-34-32-30-21-19-17-15-13-11-9-7-2/h38,40,50H,6-37,39,41-49H2,1-5H3/b40-38+/t50-/m1/s1. The molecule has 0 aromatic rings. The Morgan fingerprint density at radius 1 is 0.484 bits per heavy atom. The predicted molar refractivity (Wildman–Crippen MR) is 259 cm³/mol. The van der Waals surface area contributed by atoms with Gasteiger partial charge >= 0.3 is 11.9 Å². The van der Waals surface area contributed by atoms with E-state index in [2.05, 4.69) is 19.9 Å². The van der Waals surface area contributed by atoms with Crippen LogP contribution < -0.4 is 4.89 Å². The highest BCUT2D eigenvalue weighted by molar-refractivity contribution is 7.45. The maximum atomic E-state index is 12.7. The van der Waals surface area contributed by atoms with Gasteiger partial charge in [0, 0.05) is 12.8 Å². The molecule has 9 nitrogen and oxygen atoms in total. The number of rotatable bonds is 49. The van der Waals surface area contributed by atoms with Gasteiger partial charge in [-0.15, -0.1) is 0 Å². The molecule has 0 bridgehead atoms. The molecular formula is C52H102NO8P. The quantitative estimate of drug-likeness (QED) is 0.0195. The molecule has 0 spiro atoms. The summed E-state index contributed by atoms with van der Waals surface area (Å²) >= 11 is 0. The van der Waals surface area contributed by atoms with Crippen molar-refractivity contribution in [3.05, 3.63) is 12.2 Å². The first kappa shape index (κ1) is 60.8. The van der Waals surface area contributed by atoms with Crippen LogP contribution in [0.2, 0.25) is 0 Å². The minimum absolute atomic E-state index is 0.0317. The number of allylic oxidation sites excluding steroid dienone is 2. The second-order valence-corrected chi connectivity index (χ2v) is 20.7. The summed E-state index contributed by atoms with van der Waals surface area (Å²) in [6.07, 6.45) is 49.8. The fourth-order valence-electron chi connectivity index (χ4n) is 7.68. The highest BCUT2D eigenvalue weighted by Gasteiger charge is 2.21. The summed E-state index contributed by atoms with van der Waals surface area (Å²) in [7, 11) is 1.17. The lowest BCUT2D eigenvalue weighted by atomic mass is 10.0. The lowest BCUT2D eigenvalue weighted by Gasteiger charge is -2.28. The van der Waals surface area contributed by atoms with Crippen LogP contribution in [0.1, 0.15) is 258 Å². The number of quaternary nitrogens is 1. The van der Waals surface area contributed by atoms with E-state index < -0.39 is 32.5 Å². The molecule has 0 saturated heterocycles. The summed E-state index contributed by atoms with van der Waals surface area (Å²) in [5, 5.41) is 0. The van der Waals surface area contributed by atoms with Crippen LogP contribution >= 0.6 is 7.82 Å². The van der Waals surface area contributed by atoms with Crippen molar-refractivity contribution in [2.45, 2.75) is 264 Å². The van der Waals surface area contributed by atoms with Crippen LogP contribution in [0.25, 0.3) is 0 Å². The number of hydrogen-bond donors (Lipinski definition) is 0. The topological polar surface area (TPSA) is 111 Å². The van der Waals surface area contributed by atoms with Crippen molar-refractivity contribution in [3.63, 3.8) is 0 Å². The van der Waals surface area contributed by atoms with Gasteiger partial charge in [0.25, 0.3) is 7.82 Å². The van der Waals surface area contributed by atoms with Crippen LogP contribution in [-0.4, -0.2) is 70.0 Å². The third-order valence-electron chi connectivity index (χ3n) is 11.8. The molecule has 0 aromatic carbocycles. The summed E-state index contributed by atoms with van der Waals surface area (Å²) in [4.78, 5) is 37.7. The van der Waals surface area contributed by atoms with Crippen molar-refractivity contribution in [2.75, 3.05) is 47.5 Å². The van der Waals surface area contributed by atoms with Crippen molar-refractivity contribution >= 4 is 19.8 Å². The Balaban J connectivity index is 4.19. The average Bonchev–Trinajstić information content (AvgIpc) is 3.23. The zero-order valence-electron chi connectivity index (χ0n) is 41.6. The second-order valence-electron chi connectivity index (χ2n) is 19.2. The molecule has 0 aliphatic heterocycles. The Kier molecular flexibility index (Phi) is 44.0. The van der Waals surface area contributed by atoms with Crippen molar-refractivity contribution in [1.29, 1.82) is 0 Å². The Hall–Kier alpha value is -1.25. The zero-order valence-corrected chi connectivity index (χ0v) is 42.5. The number of esters is 2. The first-order chi connectivity index (χ1) is 30.0. The SMILES string of the molecule is CCCCCCCCCCCCC/C=C/CCC(=O)OC[C@H](COP(=O)([O-])OCC[N+](C)(C)C)OC(=O)CCCCCCCCCCCCCCCCCCCCCCCCC. The van der Waals surface area contributed by atoms with E-state index in [9.17, 15) is 19.0 Å². The third kappa shape index (κ3) is 48.2. The number of phosphoric ester groups is 1. The Labute approximate surface area is 384 Å². The van der Waals surface area contributed by atoms with Crippen LogP contribution in [0.3, 0.4) is 0 Å². The van der Waals surface area contributed by atoms with Gasteiger partial charge < -0.3 is 27.9 Å². The number of carbonyl (C=O) groups excluding carboxylic acids is 2. The molecule has 0 amide bonds. The number of likely N-dealkylation sites (N-methyl/N-ethyl adjacent to an activating group) is 1. The van der Waals surface area contributed by atoms with E-state index >= 15 is 0 Å². The second kappa shape index (κ2) is 44.9. The van der Waals surface area contributed by atoms with Gasteiger partial charge in [0.15, 0.2) is 6.10 Å². The Morgan fingerprint density at radius 2 is 0.855 bits per heavy atom. The van der Waals surface area contributed by atoms with Crippen LogP contribution in [0.4, 0.5) is 0 Å². The maximum Gasteiger partial charge on any atom is 0.306 e. The van der Waals surface area contributed by atoms with Crippen molar-refractivity contribution in [1.82, 2.24) is 0 Å². The normalized spacial score (nSPS) is 13.5. The number of carbonyl (C=O) groups is 2. The molecule has 2 atom stereocenters. The lowest BCUT2D eigenvalue weighted by molar-refractivity contribution is -0.870. The molecular weight excluding hydrogens is 798 g/mol. The van der Waals surface area contributed by atoms with Gasteiger partial charge in [-0.1, -0.05) is 231 Å². The van der Waals surface area contributed by atoms with E-state index in [1.165, 1.54) is 193 Å². The van der Waals surface area contributed by atoms with Gasteiger partial charge in [-0.3, -0.25) is 14.2 Å². The van der Waals surface area contributed by atoms with Crippen LogP contribution in [0.5, 0.6) is 0 Å². The van der Waals surface area contributed by atoms with Gasteiger partial charge in [-0.05, 0) is 25.7 Å². The van der Waals surface area contributed by atoms with Gasteiger partial charge in [0.1, 0.15) is 19.8 Å². The summed E-state index contributed by atoms with van der Waals surface area (Å²) in [5.41, 5.74) is 0. The summed E-state index contributed by atoms with van der Waals surface area (Å²) in [5.74, 6) is -0.875. The highest BCUT2D eigenvalue weighted by Crippen LogP contribution is 2.38. The van der Waals surface area contributed by atoms with E-state index in [0.717, 1.165) is 25.7 Å². The molecule has 0 radical (unpaired) electrons. The molecule has 1 unspecified atom stereocenters. The van der Waals surface area contributed by atoms with Gasteiger partial charge in [-0.2, -0.15) is 0 Å². The first-order valence-electron chi connectivity index (χ1n) is 26.4. The van der Waals surface area contributed by atoms with Crippen LogP contribution in [0, 0.1) is 0 Å². The minimum Gasteiger partial charge on any atom is -0.756 e. The highest BCUT2D eigenvalue weighted by atomic mass is 31.2. The number of phosphoric acid groups is 1. The smallest absolute Gasteiger partial charge is 0.306 e. The lowest BCUT2D eigenvalue weighted by Crippen LogP contribution is -2.37. The fourth-order valence-corrected chi connectivity index (χ4v) is 8.40. The van der Waals surface area contributed by atoms with E-state index in [-0.39, 0.29) is 26.1 Å². The predicted octanol–water partition coefficient (Wildman–Crippen LogP) is 15.1. The summed E-state index contributed by atoms with van der Waals surface area (Å²) < 4.78 is 34.0. The average molecular weight is 900 g/mol. The van der Waals surface area contributed by atoms with Crippen molar-refractivity contribution < 1.29 is 42.1 Å². The van der Waals surface area contributed by atoms with E-state index in [1.807, 2.05) is 27.2 Å². The molecule has 0 N–H and O–H groups in total. The molecule has 0 heterocycles. The summed E-state index contributed by atoms with van der Waals surface area (Å²) in [6.45, 7) is 4.24. The monoisotopic (exact) mass is 900 g/mol. The maximum absolute atomic E-state index is 12.7. The zero-order chi connectivity index (χ0) is 45.7. The Morgan fingerprint density at radius 3 is 1.26 bits per heavy atom. The van der Waals surface area contributed by atoms with E-state index in [4.69, 9.17) is 18.5 Å². The number of nitrogens with zero attached hydrogens (tertiary/aromatic N) is 1. The fraction of sp³-hybridized carbons (Fsp3) is 0.923. The van der Waals surface area contributed by atoms with E-state index in [1.54, 1.807) is 0 Å². The van der Waals surface area contributed by atoms with E-state index in [0.29, 0.717) is 23.9 Å². The van der Waals surface area contributed by atoms with Crippen LogP contribution in [0.15, 0.2) is 12.2 Å². The molecule has 62 heavy (non-hydrogen) atoms. The summed E-state index contributed by atoms with van der Waals surface area (Å²) in [6, 6.07) is 0. The minimum atomic E-state index is -4.63. The molecule has 0 aromatic heterocycles. The van der Waals surface area contributed by atoms with Gasteiger partial charge in [0.2, 0.25) is 0 Å². The first-order valence-corrected chi connectivity index (χ1v) is 27.9. The molecule has 10 heteroatoms. The largest absolute Gasteiger partial charge is 0.756 e. The third-order valence-corrected chi connectivity index (χ3v) is 12.8. The number of ether oxygens (including phenoxy) is 2. The van der Waals surface area contributed by atoms with Crippen molar-refractivity contribution in [2.24, 2.45) is 0 Å². The molecule has 0 saturated carbocycles. The molecule has 0 rings (SSSR count). The van der Waals surface area contributed by atoms with Crippen LogP contribution in [-0.2, 0) is 32.7 Å². The van der Waals surface area contributed by atoms with Gasteiger partial charge in [-0.25, -0.2) is 0 Å². The number of hydrogen-bond acceptors (Lipinski definition) is 8. The molecule has 0 aliphatic rings. The number of unbranched alkanes of at least 4 members (excludes halogenated alkanes) is 33. The van der Waals surface area contributed by atoms with Gasteiger partial charge in [0.05, 0.1) is 27.7 Å². The Bertz CT molecular complexity index is 1060. The van der Waals surface area contributed by atoms with Crippen molar-refractivity contribution in [3.8, 4) is 0 Å². The molecule has 368 valence electrons.